The Labute approximate surface area is 137 Å². The van der Waals surface area contributed by atoms with Gasteiger partial charge in [-0.15, -0.1) is 12.4 Å². The Morgan fingerprint density at radius 1 is 1.36 bits per heavy atom. The van der Waals surface area contributed by atoms with E-state index < -0.39 is 0 Å². The number of nitrogens with one attached hydrogen (secondary N) is 1. The summed E-state index contributed by atoms with van der Waals surface area (Å²) in [5.41, 5.74) is 1.15. The summed E-state index contributed by atoms with van der Waals surface area (Å²) >= 11 is 0. The maximum absolute atomic E-state index is 12.4. The third kappa shape index (κ3) is 3.47. The second-order valence-corrected chi connectivity index (χ2v) is 5.56. The second kappa shape index (κ2) is 7.70. The highest BCUT2D eigenvalue weighted by molar-refractivity contribution is 5.85. The molecule has 2 aliphatic rings. The van der Waals surface area contributed by atoms with Crippen LogP contribution in [0.2, 0.25) is 0 Å². The Balaban J connectivity index is 0.00000176. The van der Waals surface area contributed by atoms with Crippen LogP contribution in [-0.2, 0) is 4.79 Å². The Kier molecular flexibility index (Phi) is 5.91. The molecule has 0 saturated carbocycles. The standard InChI is InChI=1S/C16H22N2O3.ClH/c1-17-8-2-5-16(19)18-9-3-4-13(18)12-6-7-14-15(10-12)21-11-20-14;/h6-7,10,13,17H,2-5,8-9,11H2,1H3;1H. The Bertz CT molecular complexity index is 524. The van der Waals surface area contributed by atoms with Gasteiger partial charge < -0.3 is 19.7 Å². The summed E-state index contributed by atoms with van der Waals surface area (Å²) in [6, 6.07) is 6.20. The number of nitrogens with zero attached hydrogens (tertiary/aromatic N) is 1. The predicted molar refractivity (Wildman–Crippen MR) is 86.7 cm³/mol. The molecule has 1 unspecified atom stereocenters. The fourth-order valence-corrected chi connectivity index (χ4v) is 3.09. The van der Waals surface area contributed by atoms with Crippen molar-refractivity contribution in [1.29, 1.82) is 0 Å². The van der Waals surface area contributed by atoms with Crippen molar-refractivity contribution >= 4 is 18.3 Å². The molecule has 3 rings (SSSR count). The monoisotopic (exact) mass is 326 g/mol. The molecule has 6 heteroatoms. The van der Waals surface area contributed by atoms with Crippen LogP contribution in [-0.4, -0.2) is 37.7 Å². The number of benzene rings is 1. The predicted octanol–water partition coefficient (Wildman–Crippen LogP) is 2.50. The molecule has 1 amide bonds. The second-order valence-electron chi connectivity index (χ2n) is 5.56. The summed E-state index contributed by atoms with van der Waals surface area (Å²) < 4.78 is 10.8. The zero-order valence-corrected chi connectivity index (χ0v) is 13.7. The van der Waals surface area contributed by atoms with Gasteiger partial charge in [0.15, 0.2) is 11.5 Å². The van der Waals surface area contributed by atoms with Gasteiger partial charge in [0.25, 0.3) is 0 Å². The fraction of sp³-hybridized carbons (Fsp3) is 0.562. The van der Waals surface area contributed by atoms with E-state index in [2.05, 4.69) is 11.4 Å². The molecule has 1 fully saturated rings. The number of hydrogen-bond acceptors (Lipinski definition) is 4. The molecule has 1 N–H and O–H groups in total. The lowest BCUT2D eigenvalue weighted by atomic mass is 10.0. The van der Waals surface area contributed by atoms with Crippen LogP contribution in [0.4, 0.5) is 0 Å². The number of halogens is 1. The van der Waals surface area contributed by atoms with Gasteiger partial charge in [-0.3, -0.25) is 4.79 Å². The minimum atomic E-state index is 0. The first-order chi connectivity index (χ1) is 10.3. The third-order valence-electron chi connectivity index (χ3n) is 4.17. The van der Waals surface area contributed by atoms with Gasteiger partial charge in [0.05, 0.1) is 6.04 Å². The molecular formula is C16H23ClN2O3. The Morgan fingerprint density at radius 2 is 2.18 bits per heavy atom. The Morgan fingerprint density at radius 3 is 3.00 bits per heavy atom. The van der Waals surface area contributed by atoms with E-state index in [9.17, 15) is 4.79 Å². The van der Waals surface area contributed by atoms with Crippen molar-refractivity contribution in [1.82, 2.24) is 10.2 Å². The largest absolute Gasteiger partial charge is 0.454 e. The van der Waals surface area contributed by atoms with Gasteiger partial charge in [0.2, 0.25) is 12.7 Å². The molecular weight excluding hydrogens is 304 g/mol. The highest BCUT2D eigenvalue weighted by Crippen LogP contribution is 2.39. The minimum absolute atomic E-state index is 0. The molecule has 122 valence electrons. The van der Waals surface area contributed by atoms with Crippen LogP contribution in [0, 0.1) is 0 Å². The van der Waals surface area contributed by atoms with Crippen LogP contribution in [0.1, 0.15) is 37.3 Å². The molecule has 5 nitrogen and oxygen atoms in total. The summed E-state index contributed by atoms with van der Waals surface area (Å²) in [4.78, 5) is 14.4. The first-order valence-corrected chi connectivity index (χ1v) is 7.63. The van der Waals surface area contributed by atoms with Crippen molar-refractivity contribution in [2.45, 2.75) is 31.7 Å². The average molecular weight is 327 g/mol. The van der Waals surface area contributed by atoms with E-state index in [1.54, 1.807) is 0 Å². The third-order valence-corrected chi connectivity index (χ3v) is 4.17. The molecule has 0 radical (unpaired) electrons. The van der Waals surface area contributed by atoms with Crippen LogP contribution < -0.4 is 14.8 Å². The lowest BCUT2D eigenvalue weighted by molar-refractivity contribution is -0.132. The molecule has 22 heavy (non-hydrogen) atoms. The quantitative estimate of drug-likeness (QED) is 0.845. The summed E-state index contributed by atoms with van der Waals surface area (Å²) in [6.45, 7) is 2.03. The number of carbonyl (C=O) groups is 1. The average Bonchev–Trinajstić information content (AvgIpc) is 3.15. The summed E-state index contributed by atoms with van der Waals surface area (Å²) in [5, 5.41) is 3.08. The highest BCUT2D eigenvalue weighted by Gasteiger charge is 2.30. The highest BCUT2D eigenvalue weighted by atomic mass is 35.5. The van der Waals surface area contributed by atoms with Gasteiger partial charge in [-0.2, -0.15) is 0 Å². The van der Waals surface area contributed by atoms with Crippen molar-refractivity contribution in [2.24, 2.45) is 0 Å². The molecule has 2 heterocycles. The van der Waals surface area contributed by atoms with Crippen LogP contribution in [0.5, 0.6) is 11.5 Å². The van der Waals surface area contributed by atoms with Crippen LogP contribution in [0.3, 0.4) is 0 Å². The summed E-state index contributed by atoms with van der Waals surface area (Å²) in [7, 11) is 1.91. The number of ether oxygens (including phenoxy) is 2. The fourth-order valence-electron chi connectivity index (χ4n) is 3.09. The molecule has 0 spiro atoms. The zero-order chi connectivity index (χ0) is 14.7. The van der Waals surface area contributed by atoms with Gasteiger partial charge in [-0.05, 0) is 50.6 Å². The molecule has 1 atom stereocenters. The first-order valence-electron chi connectivity index (χ1n) is 7.63. The van der Waals surface area contributed by atoms with E-state index in [4.69, 9.17) is 9.47 Å². The van der Waals surface area contributed by atoms with E-state index in [-0.39, 0.29) is 31.1 Å². The summed E-state index contributed by atoms with van der Waals surface area (Å²) in [6.07, 6.45) is 3.59. The van der Waals surface area contributed by atoms with E-state index in [0.29, 0.717) is 6.42 Å². The van der Waals surface area contributed by atoms with Gasteiger partial charge in [0.1, 0.15) is 0 Å². The normalized spacial score (nSPS) is 19.1. The van der Waals surface area contributed by atoms with Crippen molar-refractivity contribution in [2.75, 3.05) is 26.9 Å². The van der Waals surface area contributed by atoms with Gasteiger partial charge in [-0.25, -0.2) is 0 Å². The van der Waals surface area contributed by atoms with Gasteiger partial charge in [-0.1, -0.05) is 6.07 Å². The molecule has 0 aromatic heterocycles. The van der Waals surface area contributed by atoms with Crippen molar-refractivity contribution in [3.63, 3.8) is 0 Å². The number of fused-ring (bicyclic) bond motifs is 1. The maximum atomic E-state index is 12.4. The topological polar surface area (TPSA) is 50.8 Å². The van der Waals surface area contributed by atoms with Crippen LogP contribution in [0.15, 0.2) is 18.2 Å². The minimum Gasteiger partial charge on any atom is -0.454 e. The first kappa shape index (κ1) is 16.9. The van der Waals surface area contributed by atoms with Crippen LogP contribution >= 0.6 is 12.4 Å². The molecule has 0 bridgehead atoms. The van der Waals surface area contributed by atoms with Crippen molar-refractivity contribution in [3.8, 4) is 11.5 Å². The number of rotatable bonds is 5. The number of likely N-dealkylation sites (tertiary alicyclic amines) is 1. The summed E-state index contributed by atoms with van der Waals surface area (Å²) in [5.74, 6) is 1.84. The van der Waals surface area contributed by atoms with Gasteiger partial charge >= 0.3 is 0 Å². The van der Waals surface area contributed by atoms with Crippen molar-refractivity contribution in [3.05, 3.63) is 23.8 Å². The Hall–Kier alpha value is -1.46. The SMILES string of the molecule is CNCCCC(=O)N1CCCC1c1ccc2c(c1)OCO2.Cl. The molecule has 0 aliphatic carbocycles. The van der Waals surface area contributed by atoms with Crippen LogP contribution in [0.25, 0.3) is 0 Å². The van der Waals surface area contributed by atoms with E-state index in [1.807, 2.05) is 24.1 Å². The number of amides is 1. The molecule has 1 saturated heterocycles. The number of hydrogen-bond donors (Lipinski definition) is 1. The lowest BCUT2D eigenvalue weighted by Crippen LogP contribution is -2.30. The van der Waals surface area contributed by atoms with Gasteiger partial charge in [0, 0.05) is 13.0 Å². The molecule has 2 aliphatic heterocycles. The van der Waals surface area contributed by atoms with Crippen molar-refractivity contribution < 1.29 is 14.3 Å². The smallest absolute Gasteiger partial charge is 0.231 e. The lowest BCUT2D eigenvalue weighted by Gasteiger charge is -2.25. The molecule has 1 aromatic rings. The van der Waals surface area contributed by atoms with E-state index >= 15 is 0 Å². The van der Waals surface area contributed by atoms with E-state index in [1.165, 1.54) is 0 Å². The maximum Gasteiger partial charge on any atom is 0.231 e. The number of carbonyl (C=O) groups excluding carboxylic acids is 1. The molecule has 1 aromatic carbocycles. The zero-order valence-electron chi connectivity index (χ0n) is 12.8. The van der Waals surface area contributed by atoms with E-state index in [0.717, 1.165) is 49.4 Å².